The number of nitrogens with zero attached hydrogens (tertiary/aromatic N) is 4. The Morgan fingerprint density at radius 3 is 2.65 bits per heavy atom. The molecule has 0 radical (unpaired) electrons. The molecule has 0 atom stereocenters. The molecule has 10 heteroatoms. The molecule has 10 nitrogen and oxygen atoms in total. The number of hydrogen-bond acceptors (Lipinski definition) is 6. The Morgan fingerprint density at radius 2 is 2.03 bits per heavy atom. The molecule has 0 aliphatic carbocycles. The van der Waals surface area contributed by atoms with Gasteiger partial charge in [0.1, 0.15) is 17.0 Å². The van der Waals surface area contributed by atoms with Gasteiger partial charge in [-0.2, -0.15) is 5.10 Å². The van der Waals surface area contributed by atoms with E-state index in [0.29, 0.717) is 47.7 Å². The molecular weight excluding hydrogens is 400 g/mol. The lowest BCUT2D eigenvalue weighted by atomic mass is 10.1. The third-order valence-corrected chi connectivity index (χ3v) is 4.94. The average Bonchev–Trinajstić information content (AvgIpc) is 3.29. The number of amides is 1. The molecule has 3 aromatic rings. The molecule has 0 bridgehead atoms. The topological polar surface area (TPSA) is 137 Å². The molecule has 1 aromatic carbocycles. The minimum absolute atomic E-state index is 0.0871. The summed E-state index contributed by atoms with van der Waals surface area (Å²) in [6, 6.07) is 3.17. The van der Waals surface area contributed by atoms with E-state index in [2.05, 4.69) is 15.4 Å². The molecule has 0 unspecified atom stereocenters. The third-order valence-electron chi connectivity index (χ3n) is 4.94. The molecule has 0 aliphatic rings. The number of rotatable bonds is 8. The first-order chi connectivity index (χ1) is 14.8. The van der Waals surface area contributed by atoms with Crippen LogP contribution in [0.2, 0.25) is 0 Å². The summed E-state index contributed by atoms with van der Waals surface area (Å²) < 4.78 is 8.84. The average molecular weight is 426 g/mol. The number of carboxylic acid groups (broad SMARTS) is 1. The molecule has 164 valence electrons. The van der Waals surface area contributed by atoms with Crippen LogP contribution in [0.1, 0.15) is 39.0 Å². The van der Waals surface area contributed by atoms with Crippen molar-refractivity contribution in [2.45, 2.75) is 33.9 Å². The summed E-state index contributed by atoms with van der Waals surface area (Å²) in [6.07, 6.45) is 3.63. The summed E-state index contributed by atoms with van der Waals surface area (Å²) in [5.74, 6) is -0.825. The standard InChI is InChI=1S/C21H26N6O4/c1-5-27-15(10-12(2)25-27)19(28)24-21-23-17-13(3)14(20(29)30)11-16(31-4)18(17)26(21)9-7-6-8-22/h6-7,10-11H,5,8-9,22H2,1-4H3,(H,29,30)(H,23,24,28). The van der Waals surface area contributed by atoms with E-state index < -0.39 is 5.97 Å². The predicted octanol–water partition coefficient (Wildman–Crippen LogP) is 2.34. The number of aromatic nitrogens is 4. The number of allylic oxidation sites excluding steroid dienone is 1. The molecule has 31 heavy (non-hydrogen) atoms. The second-order valence-corrected chi connectivity index (χ2v) is 6.95. The highest BCUT2D eigenvalue weighted by molar-refractivity contribution is 6.04. The summed E-state index contributed by atoms with van der Waals surface area (Å²) in [5, 5.41) is 16.7. The maximum absolute atomic E-state index is 13.0. The molecule has 0 spiro atoms. The van der Waals surface area contributed by atoms with Crippen molar-refractivity contribution in [1.82, 2.24) is 19.3 Å². The highest BCUT2D eigenvalue weighted by atomic mass is 16.5. The van der Waals surface area contributed by atoms with E-state index in [1.54, 1.807) is 28.3 Å². The Labute approximate surface area is 179 Å². The van der Waals surface area contributed by atoms with Crippen LogP contribution in [0.5, 0.6) is 5.75 Å². The zero-order valence-corrected chi connectivity index (χ0v) is 18.0. The van der Waals surface area contributed by atoms with Gasteiger partial charge >= 0.3 is 5.97 Å². The van der Waals surface area contributed by atoms with Gasteiger partial charge in [-0.1, -0.05) is 12.2 Å². The molecule has 2 heterocycles. The van der Waals surface area contributed by atoms with Crippen molar-refractivity contribution in [2.75, 3.05) is 19.0 Å². The van der Waals surface area contributed by atoms with Crippen LogP contribution in [-0.4, -0.2) is 50.0 Å². The fourth-order valence-corrected chi connectivity index (χ4v) is 3.46. The van der Waals surface area contributed by atoms with Gasteiger partial charge in [-0.3, -0.25) is 14.8 Å². The number of methoxy groups -OCH3 is 1. The van der Waals surface area contributed by atoms with E-state index in [4.69, 9.17) is 10.5 Å². The van der Waals surface area contributed by atoms with Crippen molar-refractivity contribution in [3.8, 4) is 5.75 Å². The number of anilines is 1. The van der Waals surface area contributed by atoms with E-state index in [1.807, 2.05) is 19.9 Å². The summed E-state index contributed by atoms with van der Waals surface area (Å²) in [4.78, 5) is 29.2. The number of hydrogen-bond donors (Lipinski definition) is 3. The maximum atomic E-state index is 13.0. The molecule has 1 amide bonds. The van der Waals surface area contributed by atoms with E-state index in [9.17, 15) is 14.7 Å². The lowest BCUT2D eigenvalue weighted by Crippen LogP contribution is -2.20. The van der Waals surface area contributed by atoms with Crippen molar-refractivity contribution in [3.63, 3.8) is 0 Å². The van der Waals surface area contributed by atoms with Crippen LogP contribution in [-0.2, 0) is 13.1 Å². The SMILES string of the molecule is CCn1nc(C)cc1C(=O)Nc1nc2c(C)c(C(=O)O)cc(OC)c2n1CC=CCN. The number of fused-ring (bicyclic) bond motifs is 1. The molecule has 3 rings (SSSR count). The highest BCUT2D eigenvalue weighted by Gasteiger charge is 2.23. The zero-order chi connectivity index (χ0) is 22.7. The number of aryl methyl sites for hydroxylation is 3. The summed E-state index contributed by atoms with van der Waals surface area (Å²) in [6.45, 7) is 6.66. The van der Waals surface area contributed by atoms with E-state index in [-0.39, 0.29) is 17.4 Å². The molecule has 2 aromatic heterocycles. The third kappa shape index (κ3) is 4.15. The van der Waals surface area contributed by atoms with Gasteiger partial charge in [-0.05, 0) is 38.5 Å². The van der Waals surface area contributed by atoms with Gasteiger partial charge in [-0.15, -0.1) is 0 Å². The fraction of sp³-hybridized carbons (Fsp3) is 0.333. The minimum Gasteiger partial charge on any atom is -0.494 e. The normalized spacial score (nSPS) is 11.4. The van der Waals surface area contributed by atoms with Gasteiger partial charge in [0.05, 0.1) is 23.9 Å². The maximum Gasteiger partial charge on any atom is 0.336 e. The zero-order valence-electron chi connectivity index (χ0n) is 18.0. The highest BCUT2D eigenvalue weighted by Crippen LogP contribution is 2.34. The number of imidazole rings is 1. The van der Waals surface area contributed by atoms with Gasteiger partial charge in [0.2, 0.25) is 5.95 Å². The predicted molar refractivity (Wildman–Crippen MR) is 117 cm³/mol. The number of nitrogens with two attached hydrogens (primary N) is 1. The molecule has 0 saturated carbocycles. The Bertz CT molecular complexity index is 1170. The van der Waals surface area contributed by atoms with Crippen molar-refractivity contribution in [1.29, 1.82) is 0 Å². The molecule has 0 aliphatic heterocycles. The van der Waals surface area contributed by atoms with E-state index >= 15 is 0 Å². The number of carbonyl (C=O) groups is 2. The fourth-order valence-electron chi connectivity index (χ4n) is 3.46. The first kappa shape index (κ1) is 22.0. The van der Waals surface area contributed by atoms with Crippen molar-refractivity contribution < 1.29 is 19.4 Å². The van der Waals surface area contributed by atoms with Gasteiger partial charge < -0.3 is 20.1 Å². The number of carboxylic acids is 1. The van der Waals surface area contributed by atoms with Crippen molar-refractivity contribution >= 4 is 28.9 Å². The quantitative estimate of drug-likeness (QED) is 0.470. The number of carbonyl (C=O) groups excluding carboxylic acids is 1. The first-order valence-electron chi connectivity index (χ1n) is 9.84. The largest absolute Gasteiger partial charge is 0.494 e. The molecule has 0 fully saturated rings. The van der Waals surface area contributed by atoms with Crippen LogP contribution >= 0.6 is 0 Å². The molecule has 4 N–H and O–H groups in total. The Balaban J connectivity index is 2.18. The first-order valence-corrected chi connectivity index (χ1v) is 9.84. The van der Waals surface area contributed by atoms with E-state index in [0.717, 1.165) is 5.69 Å². The van der Waals surface area contributed by atoms with Crippen LogP contribution in [0.3, 0.4) is 0 Å². The Morgan fingerprint density at radius 1 is 1.29 bits per heavy atom. The van der Waals surface area contributed by atoms with Crippen LogP contribution < -0.4 is 15.8 Å². The summed E-state index contributed by atoms with van der Waals surface area (Å²) >= 11 is 0. The lowest BCUT2D eigenvalue weighted by Gasteiger charge is -2.12. The minimum atomic E-state index is -1.08. The van der Waals surface area contributed by atoms with Crippen molar-refractivity contribution in [3.05, 3.63) is 46.8 Å². The Kier molecular flexibility index (Phi) is 6.40. The van der Waals surface area contributed by atoms with Crippen LogP contribution in [0.25, 0.3) is 11.0 Å². The molecule has 0 saturated heterocycles. The van der Waals surface area contributed by atoms with Crippen molar-refractivity contribution in [2.24, 2.45) is 5.73 Å². The number of ether oxygens (including phenoxy) is 1. The second kappa shape index (κ2) is 9.00. The van der Waals surface area contributed by atoms with Crippen LogP contribution in [0.15, 0.2) is 24.3 Å². The Hall–Kier alpha value is -3.66. The number of aromatic carboxylic acids is 1. The van der Waals surface area contributed by atoms with Gasteiger partial charge in [0.25, 0.3) is 5.91 Å². The number of benzene rings is 1. The van der Waals surface area contributed by atoms with Crippen LogP contribution in [0.4, 0.5) is 5.95 Å². The number of nitrogens with one attached hydrogen (secondary N) is 1. The van der Waals surface area contributed by atoms with Gasteiger partial charge in [0, 0.05) is 19.6 Å². The monoisotopic (exact) mass is 426 g/mol. The van der Waals surface area contributed by atoms with Crippen LogP contribution in [0, 0.1) is 13.8 Å². The second-order valence-electron chi connectivity index (χ2n) is 6.95. The van der Waals surface area contributed by atoms with E-state index in [1.165, 1.54) is 13.2 Å². The lowest BCUT2D eigenvalue weighted by molar-refractivity contribution is 0.0695. The molecular formula is C21H26N6O4. The smallest absolute Gasteiger partial charge is 0.336 e. The summed E-state index contributed by atoms with van der Waals surface area (Å²) in [7, 11) is 1.46. The van der Waals surface area contributed by atoms with Gasteiger partial charge in [0.15, 0.2) is 0 Å². The van der Waals surface area contributed by atoms with Gasteiger partial charge in [-0.25, -0.2) is 9.78 Å². The summed E-state index contributed by atoms with van der Waals surface area (Å²) in [5.41, 5.74) is 8.29.